The number of amides is 1. The number of carbonyl (C=O) groups is 1. The summed E-state index contributed by atoms with van der Waals surface area (Å²) < 4.78 is 99.9. The lowest BCUT2D eigenvalue weighted by Crippen LogP contribution is -2.52. The van der Waals surface area contributed by atoms with E-state index in [-0.39, 0.29) is 53.3 Å². The van der Waals surface area contributed by atoms with Crippen LogP contribution in [0.4, 0.5) is 36.4 Å². The Morgan fingerprint density at radius 1 is 1.15 bits per heavy atom. The molecule has 0 radical (unpaired) electrons. The molecule has 2 aromatic carbocycles. The van der Waals surface area contributed by atoms with Crippen LogP contribution >= 0.6 is 0 Å². The van der Waals surface area contributed by atoms with E-state index in [1.165, 1.54) is 48.3 Å². The van der Waals surface area contributed by atoms with Gasteiger partial charge in [0.2, 0.25) is 5.92 Å². The Morgan fingerprint density at radius 2 is 1.90 bits per heavy atom. The molecule has 214 valence electrons. The molecule has 1 aliphatic carbocycles. The summed E-state index contributed by atoms with van der Waals surface area (Å²) >= 11 is 0. The predicted molar refractivity (Wildman–Crippen MR) is 131 cm³/mol. The van der Waals surface area contributed by atoms with Crippen molar-refractivity contribution >= 4 is 11.6 Å². The highest BCUT2D eigenvalue weighted by Crippen LogP contribution is 2.60. The number of hydrogen-bond donors (Lipinski definition) is 1. The summed E-state index contributed by atoms with van der Waals surface area (Å²) in [5.74, 6) is -3.94. The van der Waals surface area contributed by atoms with E-state index in [0.717, 1.165) is 11.0 Å². The molecule has 0 saturated heterocycles. The highest BCUT2D eigenvalue weighted by molar-refractivity contribution is 6.10. The van der Waals surface area contributed by atoms with Crippen molar-refractivity contribution < 1.29 is 35.5 Å². The van der Waals surface area contributed by atoms with Crippen molar-refractivity contribution in [2.75, 3.05) is 18.1 Å². The maximum atomic E-state index is 15.8. The van der Waals surface area contributed by atoms with Crippen LogP contribution in [0.3, 0.4) is 0 Å². The molecular weight excluding hydrogens is 543 g/mol. The van der Waals surface area contributed by atoms with Gasteiger partial charge in [0.15, 0.2) is 12.0 Å². The lowest BCUT2D eigenvalue weighted by molar-refractivity contribution is -0.151. The first-order valence-corrected chi connectivity index (χ1v) is 12.6. The molecule has 1 fully saturated rings. The highest BCUT2D eigenvalue weighted by atomic mass is 19.4. The Morgan fingerprint density at radius 3 is 2.52 bits per heavy atom. The Balaban J connectivity index is 1.49. The van der Waals surface area contributed by atoms with Gasteiger partial charge in [0.25, 0.3) is 5.91 Å². The van der Waals surface area contributed by atoms with E-state index in [9.17, 15) is 31.1 Å². The third-order valence-corrected chi connectivity index (χ3v) is 7.56. The lowest BCUT2D eigenvalue weighted by atomic mass is 9.59. The number of aromatic nitrogens is 3. The standard InChI is InChI=1S/C27H26F7N5O/c1-38-15-36-37-23(38)22(29)25(13-26(30,31)14-25)17-4-2-5-18(10-17)39-12-20-19(24(39)40)8-16(11-35-7-3-6-28)9-21(20)27(32,33)34/h2,4-5,8-10,15,22,35H,3,6-7,11-14H2,1H3/t22-/m0/s1. The number of alkyl halides is 7. The summed E-state index contributed by atoms with van der Waals surface area (Å²) in [5.41, 5.74) is -2.39. The molecule has 3 aromatic rings. The van der Waals surface area contributed by atoms with Crippen LogP contribution < -0.4 is 10.2 Å². The van der Waals surface area contributed by atoms with Crippen LogP contribution in [0.15, 0.2) is 42.7 Å². The average molecular weight is 570 g/mol. The summed E-state index contributed by atoms with van der Waals surface area (Å²) in [6.45, 7) is -0.700. The van der Waals surface area contributed by atoms with Crippen molar-refractivity contribution in [3.63, 3.8) is 0 Å². The van der Waals surface area contributed by atoms with Gasteiger partial charge >= 0.3 is 6.18 Å². The summed E-state index contributed by atoms with van der Waals surface area (Å²) in [4.78, 5) is 14.5. The minimum Gasteiger partial charge on any atom is -0.318 e. The van der Waals surface area contributed by atoms with Crippen molar-refractivity contribution in [3.8, 4) is 0 Å². The summed E-state index contributed by atoms with van der Waals surface area (Å²) in [6.07, 6.45) is -6.83. The molecule has 0 unspecified atom stereocenters. The Kier molecular flexibility index (Phi) is 7.13. The van der Waals surface area contributed by atoms with E-state index >= 15 is 4.39 Å². The van der Waals surface area contributed by atoms with Crippen molar-refractivity contribution in [1.29, 1.82) is 0 Å². The van der Waals surface area contributed by atoms with E-state index in [1.54, 1.807) is 0 Å². The molecule has 1 amide bonds. The zero-order valence-electron chi connectivity index (χ0n) is 21.4. The quantitative estimate of drug-likeness (QED) is 0.261. The number of nitrogens with one attached hydrogen (secondary N) is 1. The second-order valence-electron chi connectivity index (χ2n) is 10.4. The minimum atomic E-state index is -4.74. The molecule has 5 rings (SSSR count). The van der Waals surface area contributed by atoms with Gasteiger partial charge in [-0.2, -0.15) is 13.2 Å². The molecule has 13 heteroatoms. The Labute approximate surface area is 225 Å². The topological polar surface area (TPSA) is 63.1 Å². The number of fused-ring (bicyclic) bond motifs is 1. The van der Waals surface area contributed by atoms with Gasteiger partial charge < -0.3 is 14.8 Å². The van der Waals surface area contributed by atoms with E-state index in [4.69, 9.17) is 0 Å². The third-order valence-electron chi connectivity index (χ3n) is 7.56. The molecule has 1 N–H and O–H groups in total. The number of aryl methyl sites for hydroxylation is 1. The molecule has 40 heavy (non-hydrogen) atoms. The second-order valence-corrected chi connectivity index (χ2v) is 10.4. The smallest absolute Gasteiger partial charge is 0.318 e. The SMILES string of the molecule is Cn1cnnc1[C@H](F)C1(c2cccc(N3Cc4c(cc(CNCCCF)cc4C(F)(F)F)C3=O)c2)CC(F)(F)C1. The molecule has 1 saturated carbocycles. The van der Waals surface area contributed by atoms with E-state index in [1.807, 2.05) is 0 Å². The largest absolute Gasteiger partial charge is 0.416 e. The molecule has 6 nitrogen and oxygen atoms in total. The van der Waals surface area contributed by atoms with Crippen LogP contribution in [0.2, 0.25) is 0 Å². The summed E-state index contributed by atoms with van der Waals surface area (Å²) in [5, 5.41) is 10.2. The molecule has 0 spiro atoms. The zero-order valence-corrected chi connectivity index (χ0v) is 21.4. The van der Waals surface area contributed by atoms with Gasteiger partial charge in [-0.15, -0.1) is 10.2 Å². The van der Waals surface area contributed by atoms with Crippen LogP contribution in [0.5, 0.6) is 0 Å². The monoisotopic (exact) mass is 569 g/mol. The number of nitrogens with zero attached hydrogens (tertiary/aromatic N) is 4. The number of carbonyl (C=O) groups excluding carboxylic acids is 1. The summed E-state index contributed by atoms with van der Waals surface area (Å²) in [7, 11) is 1.49. The fourth-order valence-corrected chi connectivity index (χ4v) is 5.61. The first-order chi connectivity index (χ1) is 18.9. The minimum absolute atomic E-state index is 0.00971. The molecule has 2 aliphatic rings. The van der Waals surface area contributed by atoms with Crippen molar-refractivity contribution in [3.05, 3.63) is 76.4 Å². The van der Waals surface area contributed by atoms with Crippen LogP contribution in [0.1, 0.15) is 63.9 Å². The molecule has 1 aromatic heterocycles. The van der Waals surface area contributed by atoms with Crippen molar-refractivity contribution in [2.45, 2.75) is 56.0 Å². The molecule has 0 bridgehead atoms. The van der Waals surface area contributed by atoms with Gasteiger partial charge in [-0.1, -0.05) is 12.1 Å². The number of benzene rings is 2. The van der Waals surface area contributed by atoms with E-state index in [0.29, 0.717) is 0 Å². The van der Waals surface area contributed by atoms with Crippen LogP contribution in [0, 0.1) is 0 Å². The van der Waals surface area contributed by atoms with Gasteiger partial charge in [-0.25, -0.2) is 13.2 Å². The van der Waals surface area contributed by atoms with Gasteiger partial charge in [0, 0.05) is 43.1 Å². The average Bonchev–Trinajstić information content (AvgIpc) is 3.46. The number of rotatable bonds is 9. The predicted octanol–water partition coefficient (Wildman–Crippen LogP) is 5.82. The normalized spacial score (nSPS) is 18.5. The number of halogens is 7. The Bertz CT molecular complexity index is 1410. The van der Waals surface area contributed by atoms with Gasteiger partial charge in [0.05, 0.1) is 18.8 Å². The molecule has 1 atom stereocenters. The summed E-state index contributed by atoms with van der Waals surface area (Å²) in [6, 6.07) is 8.13. The van der Waals surface area contributed by atoms with Gasteiger partial charge in [0.1, 0.15) is 6.33 Å². The number of anilines is 1. The fraction of sp³-hybridized carbons (Fsp3) is 0.444. The molecule has 1 aliphatic heterocycles. The van der Waals surface area contributed by atoms with E-state index in [2.05, 4.69) is 15.5 Å². The van der Waals surface area contributed by atoms with Crippen LogP contribution in [-0.2, 0) is 31.7 Å². The maximum absolute atomic E-state index is 15.8. The van der Waals surface area contributed by atoms with Gasteiger partial charge in [-0.3, -0.25) is 9.18 Å². The third kappa shape index (κ3) is 4.95. The van der Waals surface area contributed by atoms with Crippen LogP contribution in [-0.4, -0.2) is 39.8 Å². The highest BCUT2D eigenvalue weighted by Gasteiger charge is 2.62. The van der Waals surface area contributed by atoms with Crippen molar-refractivity contribution in [2.24, 2.45) is 7.05 Å². The Hall–Kier alpha value is -3.48. The number of hydrogen-bond acceptors (Lipinski definition) is 4. The first-order valence-electron chi connectivity index (χ1n) is 12.6. The zero-order chi connectivity index (χ0) is 28.9. The second kappa shape index (κ2) is 10.2. The van der Waals surface area contributed by atoms with E-state index < -0.39 is 61.2 Å². The van der Waals surface area contributed by atoms with Crippen LogP contribution in [0.25, 0.3) is 0 Å². The molecule has 2 heterocycles. The molecular formula is C27H26F7N5O. The first kappa shape index (κ1) is 28.1. The van der Waals surface area contributed by atoms with Crippen molar-refractivity contribution in [1.82, 2.24) is 20.1 Å². The maximum Gasteiger partial charge on any atom is 0.416 e. The lowest BCUT2D eigenvalue weighted by Gasteiger charge is -2.49. The fourth-order valence-electron chi connectivity index (χ4n) is 5.61. The van der Waals surface area contributed by atoms with Gasteiger partial charge in [-0.05, 0) is 53.9 Å².